The Bertz CT molecular complexity index is 392. The fraction of sp³-hybridized carbons (Fsp3) is 0.571. The monoisotopic (exact) mass is 237 g/mol. The molecule has 2 nitrogen and oxygen atoms in total. The minimum Gasteiger partial charge on any atom is -0.389 e. The summed E-state index contributed by atoms with van der Waals surface area (Å²) in [5, 5.41) is 9.74. The van der Waals surface area contributed by atoms with Gasteiger partial charge in [-0.05, 0) is 45.2 Å². The second-order valence-corrected chi connectivity index (χ2v) is 4.89. The number of benzene rings is 1. The number of anilines is 1. The van der Waals surface area contributed by atoms with Crippen LogP contribution >= 0.6 is 0 Å². The lowest BCUT2D eigenvalue weighted by Crippen LogP contribution is -2.38. The number of rotatable bonds is 2. The lowest BCUT2D eigenvalue weighted by atomic mass is 9.99. The first-order chi connectivity index (χ1) is 8.11. The van der Waals surface area contributed by atoms with E-state index in [9.17, 15) is 9.50 Å². The summed E-state index contributed by atoms with van der Waals surface area (Å²) in [5.74, 6) is -0.310. The summed E-state index contributed by atoms with van der Waals surface area (Å²) in [7, 11) is 0. The second kappa shape index (κ2) is 5.05. The summed E-state index contributed by atoms with van der Waals surface area (Å²) < 4.78 is 13.8. The van der Waals surface area contributed by atoms with Gasteiger partial charge in [-0.1, -0.05) is 6.07 Å². The average Bonchev–Trinajstić information content (AvgIpc) is 2.28. The van der Waals surface area contributed by atoms with Crippen LogP contribution in [0, 0.1) is 5.82 Å². The second-order valence-electron chi connectivity index (χ2n) is 4.89. The van der Waals surface area contributed by atoms with Crippen LogP contribution in [0.25, 0.3) is 0 Å². The third-order valence-electron chi connectivity index (χ3n) is 3.56. The van der Waals surface area contributed by atoms with Gasteiger partial charge in [-0.25, -0.2) is 4.39 Å². The van der Waals surface area contributed by atoms with Gasteiger partial charge in [0.25, 0.3) is 0 Å². The Balaban J connectivity index is 2.40. The van der Waals surface area contributed by atoms with Gasteiger partial charge < -0.3 is 10.0 Å². The quantitative estimate of drug-likeness (QED) is 0.853. The van der Waals surface area contributed by atoms with E-state index in [2.05, 4.69) is 11.8 Å². The molecule has 0 spiro atoms. The van der Waals surface area contributed by atoms with Crippen LogP contribution in [0.1, 0.15) is 44.8 Å². The number of piperidine rings is 1. The molecule has 3 heteroatoms. The van der Waals surface area contributed by atoms with Gasteiger partial charge in [0, 0.05) is 23.8 Å². The van der Waals surface area contributed by atoms with Gasteiger partial charge >= 0.3 is 0 Å². The zero-order chi connectivity index (χ0) is 12.4. The molecular formula is C14H20FNO. The average molecular weight is 237 g/mol. The molecule has 1 aliphatic heterocycles. The van der Waals surface area contributed by atoms with Crippen LogP contribution in [-0.2, 0) is 0 Å². The summed E-state index contributed by atoms with van der Waals surface area (Å²) in [6.45, 7) is 4.73. The molecule has 1 heterocycles. The van der Waals surface area contributed by atoms with Gasteiger partial charge in [0.15, 0.2) is 0 Å². The standard InChI is InChI=1S/C14H20FNO/c1-10-6-3-4-9-16(10)13-8-5-7-12(15)14(13)11(2)17/h5,7-8,10-11,17H,3-4,6,9H2,1-2H3. The maximum Gasteiger partial charge on any atom is 0.131 e. The molecule has 0 bridgehead atoms. The molecule has 1 aromatic rings. The molecule has 1 N–H and O–H groups in total. The molecule has 1 saturated heterocycles. The number of aliphatic hydroxyl groups is 1. The van der Waals surface area contributed by atoms with Crippen LogP contribution in [0.3, 0.4) is 0 Å². The Morgan fingerprint density at radius 1 is 1.41 bits per heavy atom. The molecule has 0 aromatic heterocycles. The van der Waals surface area contributed by atoms with E-state index in [0.717, 1.165) is 25.1 Å². The van der Waals surface area contributed by atoms with Crippen molar-refractivity contribution in [2.24, 2.45) is 0 Å². The largest absolute Gasteiger partial charge is 0.389 e. The number of hydrogen-bond donors (Lipinski definition) is 1. The van der Waals surface area contributed by atoms with Gasteiger partial charge in [-0.3, -0.25) is 0 Å². The van der Waals surface area contributed by atoms with Crippen molar-refractivity contribution in [2.45, 2.75) is 45.3 Å². The van der Waals surface area contributed by atoms with Gasteiger partial charge in [0.2, 0.25) is 0 Å². The van der Waals surface area contributed by atoms with Crippen molar-refractivity contribution in [2.75, 3.05) is 11.4 Å². The van der Waals surface area contributed by atoms with E-state index in [1.807, 2.05) is 6.07 Å². The topological polar surface area (TPSA) is 23.5 Å². The molecule has 1 fully saturated rings. The number of hydrogen-bond acceptors (Lipinski definition) is 2. The SMILES string of the molecule is CC(O)c1c(F)cccc1N1CCCCC1C. The number of aliphatic hydroxyl groups excluding tert-OH is 1. The Hall–Kier alpha value is -1.09. The molecule has 0 amide bonds. The summed E-state index contributed by atoms with van der Waals surface area (Å²) >= 11 is 0. The number of nitrogens with zero attached hydrogens (tertiary/aromatic N) is 1. The Morgan fingerprint density at radius 3 is 2.82 bits per heavy atom. The fourth-order valence-corrected chi connectivity index (χ4v) is 2.65. The highest BCUT2D eigenvalue weighted by atomic mass is 19.1. The smallest absolute Gasteiger partial charge is 0.131 e. The highest BCUT2D eigenvalue weighted by molar-refractivity contribution is 5.56. The van der Waals surface area contributed by atoms with Crippen molar-refractivity contribution in [3.8, 4) is 0 Å². The molecule has 94 valence electrons. The van der Waals surface area contributed by atoms with E-state index in [4.69, 9.17) is 0 Å². The molecule has 0 aliphatic carbocycles. The molecule has 0 saturated carbocycles. The van der Waals surface area contributed by atoms with Crippen molar-refractivity contribution in [3.05, 3.63) is 29.6 Å². The van der Waals surface area contributed by atoms with Crippen LogP contribution in [0.2, 0.25) is 0 Å². The van der Waals surface area contributed by atoms with Crippen LogP contribution in [0.5, 0.6) is 0 Å². The van der Waals surface area contributed by atoms with Crippen molar-refractivity contribution >= 4 is 5.69 Å². The van der Waals surface area contributed by atoms with Gasteiger partial charge in [0.05, 0.1) is 6.10 Å². The molecule has 1 aromatic carbocycles. The third kappa shape index (κ3) is 2.44. The third-order valence-corrected chi connectivity index (χ3v) is 3.56. The van der Waals surface area contributed by atoms with Gasteiger partial charge in [-0.15, -0.1) is 0 Å². The Morgan fingerprint density at radius 2 is 2.18 bits per heavy atom. The normalized spacial score (nSPS) is 22.6. The van der Waals surface area contributed by atoms with Crippen LogP contribution in [0.15, 0.2) is 18.2 Å². The van der Waals surface area contributed by atoms with Crippen LogP contribution in [-0.4, -0.2) is 17.7 Å². The van der Waals surface area contributed by atoms with Crippen molar-refractivity contribution in [3.63, 3.8) is 0 Å². The fourth-order valence-electron chi connectivity index (χ4n) is 2.65. The minimum atomic E-state index is -0.764. The summed E-state index contributed by atoms with van der Waals surface area (Å²) in [4.78, 5) is 2.22. The van der Waals surface area contributed by atoms with Crippen molar-refractivity contribution < 1.29 is 9.50 Å². The first-order valence-electron chi connectivity index (χ1n) is 6.34. The predicted octanol–water partition coefficient (Wildman–Crippen LogP) is 3.26. The lowest BCUT2D eigenvalue weighted by molar-refractivity contribution is 0.194. The molecule has 17 heavy (non-hydrogen) atoms. The van der Waals surface area contributed by atoms with Crippen molar-refractivity contribution in [1.29, 1.82) is 0 Å². The molecule has 2 rings (SSSR count). The first-order valence-corrected chi connectivity index (χ1v) is 6.34. The zero-order valence-electron chi connectivity index (χ0n) is 10.5. The van der Waals surface area contributed by atoms with E-state index in [-0.39, 0.29) is 5.82 Å². The van der Waals surface area contributed by atoms with E-state index < -0.39 is 6.10 Å². The molecule has 0 radical (unpaired) electrons. The lowest BCUT2D eigenvalue weighted by Gasteiger charge is -2.37. The highest BCUT2D eigenvalue weighted by Gasteiger charge is 2.23. The van der Waals surface area contributed by atoms with Crippen LogP contribution < -0.4 is 4.90 Å². The van der Waals surface area contributed by atoms with Crippen molar-refractivity contribution in [1.82, 2.24) is 0 Å². The molecule has 1 aliphatic rings. The van der Waals surface area contributed by atoms with Gasteiger partial charge in [0.1, 0.15) is 5.82 Å². The van der Waals surface area contributed by atoms with E-state index in [1.165, 1.54) is 12.5 Å². The summed E-state index contributed by atoms with van der Waals surface area (Å²) in [6, 6.07) is 5.47. The Labute approximate surface area is 102 Å². The summed E-state index contributed by atoms with van der Waals surface area (Å²) in [6.07, 6.45) is 2.74. The predicted molar refractivity (Wildman–Crippen MR) is 67.7 cm³/mol. The minimum absolute atomic E-state index is 0.310. The molecule has 2 unspecified atom stereocenters. The van der Waals surface area contributed by atoms with E-state index in [1.54, 1.807) is 13.0 Å². The molecular weight excluding hydrogens is 217 g/mol. The van der Waals surface area contributed by atoms with E-state index in [0.29, 0.717) is 11.6 Å². The first kappa shape index (κ1) is 12.4. The Kier molecular flexibility index (Phi) is 3.67. The number of halogens is 1. The van der Waals surface area contributed by atoms with E-state index >= 15 is 0 Å². The zero-order valence-corrected chi connectivity index (χ0v) is 10.5. The molecule has 2 atom stereocenters. The summed E-state index contributed by atoms with van der Waals surface area (Å²) in [5.41, 5.74) is 1.29. The maximum atomic E-state index is 13.8. The highest BCUT2D eigenvalue weighted by Crippen LogP contribution is 2.32. The van der Waals surface area contributed by atoms with Crippen LogP contribution in [0.4, 0.5) is 10.1 Å². The van der Waals surface area contributed by atoms with Gasteiger partial charge in [-0.2, -0.15) is 0 Å². The maximum absolute atomic E-state index is 13.8.